The van der Waals surface area contributed by atoms with Crippen molar-refractivity contribution in [1.82, 2.24) is 4.98 Å². The van der Waals surface area contributed by atoms with Gasteiger partial charge in [-0.15, -0.1) is 13.2 Å². The summed E-state index contributed by atoms with van der Waals surface area (Å²) in [6, 6.07) is 6.40. The van der Waals surface area contributed by atoms with Gasteiger partial charge in [-0.05, 0) is 6.07 Å². The Morgan fingerprint density at radius 3 is 2.50 bits per heavy atom. The van der Waals surface area contributed by atoms with Crippen molar-refractivity contribution in [2.24, 2.45) is 0 Å². The highest BCUT2D eigenvalue weighted by Gasteiger charge is 2.47. The van der Waals surface area contributed by atoms with Gasteiger partial charge in [0.25, 0.3) is 0 Å². The van der Waals surface area contributed by atoms with E-state index >= 15 is 0 Å². The number of aromatic nitrogens is 1. The third kappa shape index (κ3) is 1.37. The maximum atomic E-state index is 12.6. The molecule has 0 fully saturated rings. The molecule has 1 atom stereocenters. The minimum absolute atomic E-state index is 0.152. The third-order valence-electron chi connectivity index (χ3n) is 1.89. The van der Waals surface area contributed by atoms with Crippen LogP contribution >= 0.6 is 10.5 Å². The summed E-state index contributed by atoms with van der Waals surface area (Å²) in [6.07, 6.45) is 0. The quantitative estimate of drug-likeness (QED) is 0.613. The maximum absolute atomic E-state index is 12.6. The molecule has 0 aliphatic heterocycles. The number of hydrogen-bond donors (Lipinski definition) is 0. The Balaban J connectivity index is 2.81. The Morgan fingerprint density at radius 1 is 1.21 bits per heavy atom. The van der Waals surface area contributed by atoms with Crippen molar-refractivity contribution in [3.05, 3.63) is 29.3 Å². The van der Waals surface area contributed by atoms with Crippen molar-refractivity contribution < 1.29 is 13.2 Å². The SMILES string of the molecule is Cc1nc2ccccc2[s+]1C(F)(F)F. The Morgan fingerprint density at radius 2 is 1.86 bits per heavy atom. The number of thiazole rings is 1. The predicted octanol–water partition coefficient (Wildman–Crippen LogP) is 3.77. The lowest BCUT2D eigenvalue weighted by Gasteiger charge is -1.94. The van der Waals surface area contributed by atoms with Gasteiger partial charge in [0.15, 0.2) is 0 Å². The van der Waals surface area contributed by atoms with Crippen LogP contribution in [-0.4, -0.2) is 4.98 Å². The van der Waals surface area contributed by atoms with Crippen LogP contribution in [0, 0.1) is 6.92 Å². The summed E-state index contributed by atoms with van der Waals surface area (Å²) in [6.45, 7) is 1.43. The van der Waals surface area contributed by atoms with E-state index < -0.39 is 16.0 Å². The molecule has 0 radical (unpaired) electrons. The van der Waals surface area contributed by atoms with Gasteiger partial charge in [-0.3, -0.25) is 0 Å². The molecule has 0 aliphatic rings. The summed E-state index contributed by atoms with van der Waals surface area (Å²) in [5.74, 6) is 0. The van der Waals surface area contributed by atoms with Crippen LogP contribution in [-0.2, 0) is 5.51 Å². The highest BCUT2D eigenvalue weighted by molar-refractivity contribution is 7.37. The Hall–Kier alpha value is -1.10. The zero-order valence-corrected chi connectivity index (χ0v) is 8.12. The molecule has 0 aliphatic carbocycles. The first-order chi connectivity index (χ1) is 6.50. The summed E-state index contributed by atoms with van der Waals surface area (Å²) >= 11 is 0. The number of benzene rings is 1. The normalized spacial score (nSPS) is 13.6. The van der Waals surface area contributed by atoms with Crippen molar-refractivity contribution in [2.75, 3.05) is 0 Å². The van der Waals surface area contributed by atoms with E-state index in [1.165, 1.54) is 13.0 Å². The van der Waals surface area contributed by atoms with Crippen molar-refractivity contribution in [3.8, 4) is 0 Å². The van der Waals surface area contributed by atoms with E-state index in [1.54, 1.807) is 18.2 Å². The summed E-state index contributed by atoms with van der Waals surface area (Å²) in [4.78, 5) is 3.91. The molecule has 0 saturated heterocycles. The van der Waals surface area contributed by atoms with Crippen LogP contribution in [0.15, 0.2) is 24.3 Å². The van der Waals surface area contributed by atoms with Crippen LogP contribution in [0.1, 0.15) is 5.01 Å². The number of alkyl halides is 3. The fourth-order valence-corrected chi connectivity index (χ4v) is 3.02. The molecule has 0 spiro atoms. The van der Waals surface area contributed by atoms with Gasteiger partial charge in [-0.25, -0.2) is 0 Å². The monoisotopic (exact) mass is 218 g/mol. The van der Waals surface area contributed by atoms with Crippen molar-refractivity contribution in [2.45, 2.75) is 12.4 Å². The largest absolute Gasteiger partial charge is 0.602 e. The van der Waals surface area contributed by atoms with Gasteiger partial charge in [0.1, 0.15) is 16.0 Å². The molecule has 0 bridgehead atoms. The van der Waals surface area contributed by atoms with Gasteiger partial charge in [0.2, 0.25) is 9.71 Å². The molecule has 74 valence electrons. The average Bonchev–Trinajstić information content (AvgIpc) is 2.38. The van der Waals surface area contributed by atoms with E-state index in [-0.39, 0.29) is 9.71 Å². The Kier molecular flexibility index (Phi) is 1.99. The summed E-state index contributed by atoms with van der Waals surface area (Å²) in [5, 5.41) is 0.152. The van der Waals surface area contributed by atoms with Crippen molar-refractivity contribution in [1.29, 1.82) is 0 Å². The van der Waals surface area contributed by atoms with Gasteiger partial charge >= 0.3 is 5.51 Å². The minimum atomic E-state index is -4.21. The number of halogens is 3. The number of nitrogens with zero attached hydrogens (tertiary/aromatic N) is 1. The van der Waals surface area contributed by atoms with Crippen LogP contribution in [0.5, 0.6) is 0 Å². The van der Waals surface area contributed by atoms with Crippen molar-refractivity contribution >= 4 is 20.7 Å². The molecule has 1 nitrogen and oxygen atoms in total. The van der Waals surface area contributed by atoms with E-state index in [1.807, 2.05) is 0 Å². The number of hydrogen-bond acceptors (Lipinski definition) is 1. The minimum Gasteiger partial charge on any atom is -0.197 e. The molecule has 0 saturated carbocycles. The first-order valence-electron chi connectivity index (χ1n) is 3.95. The molecule has 0 N–H and O–H groups in total. The van der Waals surface area contributed by atoms with E-state index in [0.717, 1.165) is 0 Å². The number of fused-ring (bicyclic) bond motifs is 1. The molecule has 1 heterocycles. The fraction of sp³-hybridized carbons (Fsp3) is 0.222. The topological polar surface area (TPSA) is 12.9 Å². The molecule has 1 aromatic carbocycles. The van der Waals surface area contributed by atoms with Crippen molar-refractivity contribution in [3.63, 3.8) is 0 Å². The molecular weight excluding hydrogens is 211 g/mol. The second-order valence-corrected chi connectivity index (χ2v) is 4.96. The molecule has 14 heavy (non-hydrogen) atoms. The van der Waals surface area contributed by atoms with Gasteiger partial charge in [0.05, 0.1) is 0 Å². The molecular formula is C9H7F3NS+. The van der Waals surface area contributed by atoms with Crippen LogP contribution in [0.25, 0.3) is 10.2 Å². The first-order valence-corrected chi connectivity index (χ1v) is 5.18. The summed E-state index contributed by atoms with van der Waals surface area (Å²) < 4.78 is 38.2. The molecule has 1 aromatic heterocycles. The van der Waals surface area contributed by atoms with E-state index in [2.05, 4.69) is 4.98 Å². The van der Waals surface area contributed by atoms with Gasteiger partial charge in [-0.2, -0.15) is 4.98 Å². The maximum Gasteiger partial charge on any atom is 0.602 e. The molecule has 2 rings (SSSR count). The van der Waals surface area contributed by atoms with Crippen LogP contribution < -0.4 is 0 Å². The standard InChI is InChI=1S/C9H7F3NS/c1-6-13-7-4-2-3-5-8(7)14(6)9(10,11)12/h2-5H,1H3/q+1. The highest BCUT2D eigenvalue weighted by Crippen LogP contribution is 2.48. The summed E-state index contributed by atoms with van der Waals surface area (Å²) in [5.41, 5.74) is -3.76. The lowest BCUT2D eigenvalue weighted by atomic mass is 10.3. The fourth-order valence-electron chi connectivity index (χ4n) is 1.39. The Bertz CT molecular complexity index is 472. The predicted molar refractivity (Wildman–Crippen MR) is 50.3 cm³/mol. The lowest BCUT2D eigenvalue weighted by molar-refractivity contribution is -0.0867. The zero-order valence-electron chi connectivity index (χ0n) is 7.30. The Labute approximate surface area is 81.2 Å². The average molecular weight is 218 g/mol. The van der Waals surface area contributed by atoms with E-state index in [4.69, 9.17) is 0 Å². The first kappa shape index (κ1) is 9.45. The second-order valence-electron chi connectivity index (χ2n) is 2.85. The van der Waals surface area contributed by atoms with E-state index in [0.29, 0.717) is 5.52 Å². The number of aryl methyl sites for hydroxylation is 1. The van der Waals surface area contributed by atoms with Crippen LogP contribution in [0.4, 0.5) is 13.2 Å². The molecule has 1 unspecified atom stereocenters. The van der Waals surface area contributed by atoms with Gasteiger partial charge in [-0.1, -0.05) is 12.1 Å². The highest BCUT2D eigenvalue weighted by atomic mass is 32.2. The third-order valence-corrected chi connectivity index (χ3v) is 3.82. The molecule has 0 amide bonds. The smallest absolute Gasteiger partial charge is 0.197 e. The summed E-state index contributed by atoms with van der Waals surface area (Å²) in [7, 11) is -1.81. The zero-order chi connectivity index (χ0) is 10.3. The van der Waals surface area contributed by atoms with Crippen LogP contribution in [0.2, 0.25) is 0 Å². The van der Waals surface area contributed by atoms with Gasteiger partial charge in [0, 0.05) is 13.0 Å². The van der Waals surface area contributed by atoms with Crippen LogP contribution in [0.3, 0.4) is 0 Å². The van der Waals surface area contributed by atoms with Gasteiger partial charge < -0.3 is 0 Å². The lowest BCUT2D eigenvalue weighted by Crippen LogP contribution is -1.96. The number of rotatable bonds is 0. The molecule has 5 heteroatoms. The molecule has 2 aromatic rings. The van der Waals surface area contributed by atoms with E-state index in [9.17, 15) is 13.2 Å². The number of para-hydroxylation sites is 1. The second kappa shape index (κ2) is 2.95.